The lowest BCUT2D eigenvalue weighted by atomic mass is 10.1. The summed E-state index contributed by atoms with van der Waals surface area (Å²) in [5.41, 5.74) is 8.31. The van der Waals surface area contributed by atoms with Gasteiger partial charge < -0.3 is 5.73 Å². The number of hydrogen-bond donors (Lipinski definition) is 1. The predicted octanol–water partition coefficient (Wildman–Crippen LogP) is 2.68. The number of nitrogens with two attached hydrogens (primary N) is 1. The molecule has 0 spiro atoms. The van der Waals surface area contributed by atoms with Crippen molar-refractivity contribution in [1.82, 2.24) is 0 Å². The van der Waals surface area contributed by atoms with Gasteiger partial charge in [0, 0.05) is 17.7 Å². The van der Waals surface area contributed by atoms with Crippen LogP contribution in [0, 0.1) is 17.7 Å². The second-order valence-electron chi connectivity index (χ2n) is 3.66. The van der Waals surface area contributed by atoms with Crippen LogP contribution in [0.5, 0.6) is 0 Å². The van der Waals surface area contributed by atoms with E-state index in [1.165, 1.54) is 12.1 Å². The molecule has 0 fully saturated rings. The van der Waals surface area contributed by atoms with Gasteiger partial charge in [-0.1, -0.05) is 24.0 Å². The van der Waals surface area contributed by atoms with Crippen LogP contribution in [-0.2, 0) is 6.54 Å². The Morgan fingerprint density at radius 2 is 1.29 bits per heavy atom. The molecule has 17 heavy (non-hydrogen) atoms. The van der Waals surface area contributed by atoms with Crippen LogP contribution in [0.2, 0.25) is 0 Å². The van der Waals surface area contributed by atoms with Crippen LogP contribution in [-0.4, -0.2) is 0 Å². The van der Waals surface area contributed by atoms with E-state index in [0.717, 1.165) is 16.7 Å². The van der Waals surface area contributed by atoms with E-state index >= 15 is 0 Å². The van der Waals surface area contributed by atoms with Crippen molar-refractivity contribution in [2.45, 2.75) is 6.54 Å². The summed E-state index contributed by atoms with van der Waals surface area (Å²) in [5, 5.41) is 0. The van der Waals surface area contributed by atoms with Crippen molar-refractivity contribution in [3.8, 4) is 11.8 Å². The maximum absolute atomic E-state index is 12.7. The van der Waals surface area contributed by atoms with Crippen LogP contribution in [0.3, 0.4) is 0 Å². The van der Waals surface area contributed by atoms with Crippen LogP contribution >= 0.6 is 0 Å². The van der Waals surface area contributed by atoms with Crippen molar-refractivity contribution in [2.75, 3.05) is 0 Å². The Bertz CT molecular complexity index is 544. The molecule has 0 atom stereocenters. The largest absolute Gasteiger partial charge is 0.326 e. The maximum atomic E-state index is 12.7. The topological polar surface area (TPSA) is 26.0 Å². The van der Waals surface area contributed by atoms with Gasteiger partial charge in [-0.25, -0.2) is 4.39 Å². The summed E-state index contributed by atoms with van der Waals surface area (Å²) in [7, 11) is 0. The second-order valence-corrected chi connectivity index (χ2v) is 3.66. The first-order valence-electron chi connectivity index (χ1n) is 5.34. The highest BCUT2D eigenvalue weighted by molar-refractivity contribution is 5.43. The molecular formula is C15H12FN. The van der Waals surface area contributed by atoms with Crippen molar-refractivity contribution in [2.24, 2.45) is 5.73 Å². The van der Waals surface area contributed by atoms with Gasteiger partial charge in [-0.15, -0.1) is 0 Å². The first-order chi connectivity index (χ1) is 8.28. The molecule has 84 valence electrons. The lowest BCUT2D eigenvalue weighted by Crippen LogP contribution is -1.95. The lowest BCUT2D eigenvalue weighted by molar-refractivity contribution is 0.627. The number of rotatable bonds is 1. The van der Waals surface area contributed by atoms with E-state index in [2.05, 4.69) is 11.8 Å². The van der Waals surface area contributed by atoms with Gasteiger partial charge in [0.05, 0.1) is 0 Å². The Morgan fingerprint density at radius 3 is 1.76 bits per heavy atom. The molecule has 1 nitrogen and oxygen atoms in total. The van der Waals surface area contributed by atoms with Crippen molar-refractivity contribution < 1.29 is 4.39 Å². The third-order valence-electron chi connectivity index (χ3n) is 2.39. The van der Waals surface area contributed by atoms with Gasteiger partial charge in [-0.05, 0) is 42.0 Å². The van der Waals surface area contributed by atoms with E-state index in [-0.39, 0.29) is 5.82 Å². The fourth-order valence-corrected chi connectivity index (χ4v) is 1.40. The SMILES string of the molecule is NCc1ccc(C#Cc2ccc(F)cc2)cc1. The van der Waals surface area contributed by atoms with Crippen molar-refractivity contribution in [3.63, 3.8) is 0 Å². The zero-order chi connectivity index (χ0) is 12.1. The Labute approximate surface area is 100 Å². The zero-order valence-electron chi connectivity index (χ0n) is 9.28. The molecule has 0 aromatic heterocycles. The summed E-state index contributed by atoms with van der Waals surface area (Å²) in [6.07, 6.45) is 0. The molecule has 0 unspecified atom stereocenters. The minimum atomic E-state index is -0.247. The molecule has 2 aromatic rings. The fourth-order valence-electron chi connectivity index (χ4n) is 1.40. The molecule has 0 amide bonds. The highest BCUT2D eigenvalue weighted by Gasteiger charge is 1.90. The Kier molecular flexibility index (Phi) is 3.54. The summed E-state index contributed by atoms with van der Waals surface area (Å²) in [4.78, 5) is 0. The first-order valence-corrected chi connectivity index (χ1v) is 5.34. The average Bonchev–Trinajstić information content (AvgIpc) is 2.39. The van der Waals surface area contributed by atoms with E-state index in [1.54, 1.807) is 12.1 Å². The molecule has 0 bridgehead atoms. The maximum Gasteiger partial charge on any atom is 0.123 e. The monoisotopic (exact) mass is 225 g/mol. The molecule has 2 heteroatoms. The highest BCUT2D eigenvalue weighted by Crippen LogP contribution is 2.04. The van der Waals surface area contributed by atoms with Gasteiger partial charge in [0.15, 0.2) is 0 Å². The van der Waals surface area contributed by atoms with Crippen molar-refractivity contribution >= 4 is 0 Å². The lowest BCUT2D eigenvalue weighted by Gasteiger charge is -1.95. The van der Waals surface area contributed by atoms with Gasteiger partial charge in [0.2, 0.25) is 0 Å². The summed E-state index contributed by atoms with van der Waals surface area (Å²) >= 11 is 0. The molecule has 2 aromatic carbocycles. The van der Waals surface area contributed by atoms with Gasteiger partial charge in [0.1, 0.15) is 5.82 Å². The van der Waals surface area contributed by atoms with Gasteiger partial charge in [0.25, 0.3) is 0 Å². The molecule has 0 aliphatic heterocycles. The smallest absolute Gasteiger partial charge is 0.123 e. The molecule has 2 N–H and O–H groups in total. The van der Waals surface area contributed by atoms with Crippen LogP contribution in [0.25, 0.3) is 0 Å². The van der Waals surface area contributed by atoms with E-state index < -0.39 is 0 Å². The molecular weight excluding hydrogens is 213 g/mol. The number of halogens is 1. The standard InChI is InChI=1S/C15H12FN/c16-15-9-7-13(8-10-15)2-1-12-3-5-14(11-17)6-4-12/h3-10H,11,17H2. The molecule has 0 saturated carbocycles. The highest BCUT2D eigenvalue weighted by atomic mass is 19.1. The minimum absolute atomic E-state index is 0.247. The van der Waals surface area contributed by atoms with Crippen molar-refractivity contribution in [1.29, 1.82) is 0 Å². The Balaban J connectivity index is 2.17. The summed E-state index contributed by atoms with van der Waals surface area (Å²) < 4.78 is 12.7. The average molecular weight is 225 g/mol. The van der Waals surface area contributed by atoms with E-state index in [1.807, 2.05) is 24.3 Å². The number of hydrogen-bond acceptors (Lipinski definition) is 1. The van der Waals surface area contributed by atoms with E-state index in [4.69, 9.17) is 5.73 Å². The van der Waals surface area contributed by atoms with E-state index in [0.29, 0.717) is 6.54 Å². The van der Waals surface area contributed by atoms with Crippen LogP contribution in [0.1, 0.15) is 16.7 Å². The predicted molar refractivity (Wildman–Crippen MR) is 66.7 cm³/mol. The zero-order valence-corrected chi connectivity index (χ0v) is 9.28. The van der Waals surface area contributed by atoms with Crippen LogP contribution in [0.4, 0.5) is 4.39 Å². The van der Waals surface area contributed by atoms with Crippen LogP contribution < -0.4 is 5.73 Å². The number of benzene rings is 2. The quantitative estimate of drug-likeness (QED) is 0.742. The summed E-state index contributed by atoms with van der Waals surface area (Å²) in [6.45, 7) is 0.533. The Hall–Kier alpha value is -2.11. The molecule has 0 radical (unpaired) electrons. The molecule has 2 rings (SSSR count). The fraction of sp³-hybridized carbons (Fsp3) is 0.0667. The minimum Gasteiger partial charge on any atom is -0.326 e. The second kappa shape index (κ2) is 5.29. The first kappa shape index (κ1) is 11.4. The molecule has 0 aliphatic carbocycles. The third-order valence-corrected chi connectivity index (χ3v) is 2.39. The van der Waals surface area contributed by atoms with Gasteiger partial charge in [-0.2, -0.15) is 0 Å². The van der Waals surface area contributed by atoms with E-state index in [9.17, 15) is 4.39 Å². The third kappa shape index (κ3) is 3.17. The molecule has 0 heterocycles. The summed E-state index contributed by atoms with van der Waals surface area (Å²) in [6, 6.07) is 13.9. The van der Waals surface area contributed by atoms with Gasteiger partial charge >= 0.3 is 0 Å². The molecule has 0 aliphatic rings. The summed E-state index contributed by atoms with van der Waals surface area (Å²) in [5.74, 6) is 5.75. The molecule has 0 saturated heterocycles. The van der Waals surface area contributed by atoms with Crippen LogP contribution in [0.15, 0.2) is 48.5 Å². The normalized spacial score (nSPS) is 9.53. The van der Waals surface area contributed by atoms with Gasteiger partial charge in [-0.3, -0.25) is 0 Å². The van der Waals surface area contributed by atoms with Crippen molar-refractivity contribution in [3.05, 3.63) is 71.0 Å². The Morgan fingerprint density at radius 1 is 0.824 bits per heavy atom.